The van der Waals surface area contributed by atoms with E-state index < -0.39 is 0 Å². The van der Waals surface area contributed by atoms with E-state index in [1.807, 2.05) is 4.90 Å². The monoisotopic (exact) mass is 269 g/mol. The van der Waals surface area contributed by atoms with Crippen LogP contribution in [-0.2, 0) is 4.79 Å². The molecule has 0 spiro atoms. The van der Waals surface area contributed by atoms with Gasteiger partial charge in [0.2, 0.25) is 5.91 Å². The van der Waals surface area contributed by atoms with Gasteiger partial charge in [-0.1, -0.05) is 0 Å². The SMILES string of the molecule is O=C(CCN1CCCC1)N(CCO)CC1CCCN1. The molecule has 2 aliphatic rings. The third-order valence-corrected chi connectivity index (χ3v) is 4.17. The summed E-state index contributed by atoms with van der Waals surface area (Å²) in [5.74, 6) is 0.189. The minimum atomic E-state index is 0.0577. The molecule has 1 amide bonds. The smallest absolute Gasteiger partial charge is 0.223 e. The highest BCUT2D eigenvalue weighted by atomic mass is 16.3. The van der Waals surface area contributed by atoms with Crippen molar-refractivity contribution in [1.29, 1.82) is 0 Å². The lowest BCUT2D eigenvalue weighted by atomic mass is 10.2. The highest BCUT2D eigenvalue weighted by molar-refractivity contribution is 5.76. The molecule has 0 aromatic heterocycles. The summed E-state index contributed by atoms with van der Waals surface area (Å²) in [7, 11) is 0. The van der Waals surface area contributed by atoms with Crippen LogP contribution in [0.4, 0.5) is 0 Å². The zero-order valence-corrected chi connectivity index (χ0v) is 11.8. The highest BCUT2D eigenvalue weighted by Crippen LogP contribution is 2.10. The summed E-state index contributed by atoms with van der Waals surface area (Å²) in [4.78, 5) is 16.4. The minimum Gasteiger partial charge on any atom is -0.395 e. The maximum Gasteiger partial charge on any atom is 0.223 e. The normalized spacial score (nSPS) is 23.9. The molecule has 5 nitrogen and oxygen atoms in total. The predicted octanol–water partition coefficient (Wildman–Crippen LogP) is 0.0452. The van der Waals surface area contributed by atoms with Gasteiger partial charge >= 0.3 is 0 Å². The Bertz CT molecular complexity index is 274. The standard InChI is InChI=1S/C14H27N3O2/c18-11-10-17(12-13-4-3-6-15-13)14(19)5-9-16-7-1-2-8-16/h13,15,18H,1-12H2. The van der Waals surface area contributed by atoms with E-state index in [0.29, 0.717) is 19.0 Å². The van der Waals surface area contributed by atoms with Crippen LogP contribution in [-0.4, -0.2) is 72.7 Å². The van der Waals surface area contributed by atoms with Crippen LogP contribution >= 0.6 is 0 Å². The zero-order valence-electron chi connectivity index (χ0n) is 11.8. The van der Waals surface area contributed by atoms with Crippen molar-refractivity contribution >= 4 is 5.91 Å². The van der Waals surface area contributed by atoms with Gasteiger partial charge in [0.1, 0.15) is 0 Å². The Kier molecular flexibility index (Phi) is 6.07. The van der Waals surface area contributed by atoms with E-state index in [-0.39, 0.29) is 12.5 Å². The van der Waals surface area contributed by atoms with E-state index >= 15 is 0 Å². The number of rotatable bonds is 7. The Hall–Kier alpha value is -0.650. The van der Waals surface area contributed by atoms with E-state index in [1.54, 1.807) is 0 Å². The summed E-state index contributed by atoms with van der Waals surface area (Å²) in [5.41, 5.74) is 0. The molecule has 2 aliphatic heterocycles. The Morgan fingerprint density at radius 1 is 1.32 bits per heavy atom. The Morgan fingerprint density at radius 2 is 2.11 bits per heavy atom. The molecule has 2 rings (SSSR count). The number of hydrogen-bond donors (Lipinski definition) is 2. The first-order chi connectivity index (χ1) is 9.29. The van der Waals surface area contributed by atoms with E-state index in [2.05, 4.69) is 10.2 Å². The second-order valence-corrected chi connectivity index (χ2v) is 5.66. The van der Waals surface area contributed by atoms with Gasteiger partial charge in [0.25, 0.3) is 0 Å². The summed E-state index contributed by atoms with van der Waals surface area (Å²) in [6, 6.07) is 0.419. The van der Waals surface area contributed by atoms with Crippen molar-refractivity contribution in [1.82, 2.24) is 15.1 Å². The number of carbonyl (C=O) groups is 1. The fraction of sp³-hybridized carbons (Fsp3) is 0.929. The first-order valence-electron chi connectivity index (χ1n) is 7.64. The number of likely N-dealkylation sites (tertiary alicyclic amines) is 1. The van der Waals surface area contributed by atoms with Crippen LogP contribution in [0, 0.1) is 0 Å². The summed E-state index contributed by atoms with van der Waals surface area (Å²) < 4.78 is 0. The average molecular weight is 269 g/mol. The lowest BCUT2D eigenvalue weighted by Crippen LogP contribution is -2.43. The van der Waals surface area contributed by atoms with E-state index in [9.17, 15) is 4.79 Å². The molecule has 0 saturated carbocycles. The molecular weight excluding hydrogens is 242 g/mol. The number of nitrogens with zero attached hydrogens (tertiary/aromatic N) is 2. The Labute approximate surface area is 115 Å². The van der Waals surface area contributed by atoms with Gasteiger partial charge < -0.3 is 20.2 Å². The second-order valence-electron chi connectivity index (χ2n) is 5.66. The molecule has 2 saturated heterocycles. The summed E-state index contributed by atoms with van der Waals surface area (Å²) in [5, 5.41) is 12.5. The summed E-state index contributed by atoms with van der Waals surface area (Å²) >= 11 is 0. The quantitative estimate of drug-likeness (QED) is 0.685. The van der Waals surface area contributed by atoms with Crippen molar-refractivity contribution in [3.8, 4) is 0 Å². The van der Waals surface area contributed by atoms with Gasteiger partial charge in [-0.15, -0.1) is 0 Å². The van der Waals surface area contributed by atoms with Gasteiger partial charge in [0, 0.05) is 32.1 Å². The van der Waals surface area contributed by atoms with Gasteiger partial charge in [0.05, 0.1) is 6.61 Å². The predicted molar refractivity (Wildman–Crippen MR) is 75.0 cm³/mol. The molecule has 2 fully saturated rings. The van der Waals surface area contributed by atoms with E-state index in [1.165, 1.54) is 19.3 Å². The molecule has 19 heavy (non-hydrogen) atoms. The van der Waals surface area contributed by atoms with Crippen LogP contribution in [0.5, 0.6) is 0 Å². The Morgan fingerprint density at radius 3 is 2.74 bits per heavy atom. The van der Waals surface area contributed by atoms with E-state index in [4.69, 9.17) is 5.11 Å². The van der Waals surface area contributed by atoms with Crippen LogP contribution in [0.25, 0.3) is 0 Å². The largest absolute Gasteiger partial charge is 0.395 e. The van der Waals surface area contributed by atoms with Gasteiger partial charge in [-0.05, 0) is 45.3 Å². The van der Waals surface area contributed by atoms with Crippen molar-refractivity contribution in [3.63, 3.8) is 0 Å². The molecule has 5 heteroatoms. The highest BCUT2D eigenvalue weighted by Gasteiger charge is 2.22. The molecule has 0 aliphatic carbocycles. The second kappa shape index (κ2) is 7.82. The third kappa shape index (κ3) is 4.75. The molecule has 2 heterocycles. The zero-order chi connectivity index (χ0) is 13.5. The molecule has 0 aromatic carbocycles. The van der Waals surface area contributed by atoms with Gasteiger partial charge in [-0.25, -0.2) is 0 Å². The van der Waals surface area contributed by atoms with Crippen LogP contribution in [0.3, 0.4) is 0 Å². The number of nitrogens with one attached hydrogen (secondary N) is 1. The van der Waals surface area contributed by atoms with Crippen molar-refractivity contribution in [2.75, 3.05) is 45.9 Å². The number of aliphatic hydroxyl groups is 1. The van der Waals surface area contributed by atoms with Crippen molar-refractivity contribution < 1.29 is 9.90 Å². The maximum atomic E-state index is 12.2. The van der Waals surface area contributed by atoms with Crippen molar-refractivity contribution in [3.05, 3.63) is 0 Å². The molecule has 1 atom stereocenters. The van der Waals surface area contributed by atoms with Crippen LogP contribution in [0.2, 0.25) is 0 Å². The van der Waals surface area contributed by atoms with Gasteiger partial charge in [0.15, 0.2) is 0 Å². The van der Waals surface area contributed by atoms with Crippen molar-refractivity contribution in [2.24, 2.45) is 0 Å². The third-order valence-electron chi connectivity index (χ3n) is 4.17. The van der Waals surface area contributed by atoms with Crippen LogP contribution in [0.1, 0.15) is 32.1 Å². The lowest BCUT2D eigenvalue weighted by Gasteiger charge is -2.26. The molecular formula is C14H27N3O2. The van der Waals surface area contributed by atoms with Gasteiger partial charge in [-0.3, -0.25) is 4.79 Å². The Balaban J connectivity index is 1.73. The average Bonchev–Trinajstić information content (AvgIpc) is 3.08. The van der Waals surface area contributed by atoms with Crippen molar-refractivity contribution in [2.45, 2.75) is 38.1 Å². The fourth-order valence-electron chi connectivity index (χ4n) is 3.04. The number of aliphatic hydroxyl groups excluding tert-OH is 1. The number of carbonyl (C=O) groups excluding carboxylic acids is 1. The fourth-order valence-corrected chi connectivity index (χ4v) is 3.04. The molecule has 110 valence electrons. The maximum absolute atomic E-state index is 12.2. The topological polar surface area (TPSA) is 55.8 Å². The number of hydrogen-bond acceptors (Lipinski definition) is 4. The van der Waals surface area contributed by atoms with Gasteiger partial charge in [-0.2, -0.15) is 0 Å². The first-order valence-corrected chi connectivity index (χ1v) is 7.64. The summed E-state index contributed by atoms with van der Waals surface area (Å²) in [6.07, 6.45) is 5.45. The molecule has 1 unspecified atom stereocenters. The molecule has 0 radical (unpaired) electrons. The van der Waals surface area contributed by atoms with E-state index in [0.717, 1.165) is 39.1 Å². The lowest BCUT2D eigenvalue weighted by molar-refractivity contribution is -0.132. The molecule has 0 aromatic rings. The number of amides is 1. The first kappa shape index (κ1) is 14.8. The van der Waals surface area contributed by atoms with Crippen LogP contribution < -0.4 is 5.32 Å². The minimum absolute atomic E-state index is 0.0577. The summed E-state index contributed by atoms with van der Waals surface area (Å²) in [6.45, 7) is 5.48. The molecule has 0 bridgehead atoms. The molecule has 2 N–H and O–H groups in total. The van der Waals surface area contributed by atoms with Crippen LogP contribution in [0.15, 0.2) is 0 Å².